The molecular formula is C16H32O. The Morgan fingerprint density at radius 1 is 1.12 bits per heavy atom. The van der Waals surface area contributed by atoms with Gasteiger partial charge in [-0.15, -0.1) is 0 Å². The van der Waals surface area contributed by atoms with Crippen molar-refractivity contribution in [3.05, 3.63) is 0 Å². The molecule has 0 bridgehead atoms. The van der Waals surface area contributed by atoms with Crippen molar-refractivity contribution in [3.63, 3.8) is 0 Å². The van der Waals surface area contributed by atoms with E-state index in [1.54, 1.807) is 0 Å². The third-order valence-corrected chi connectivity index (χ3v) is 5.16. The van der Waals surface area contributed by atoms with E-state index in [1.807, 2.05) is 0 Å². The van der Waals surface area contributed by atoms with E-state index in [9.17, 15) is 5.11 Å². The summed E-state index contributed by atoms with van der Waals surface area (Å²) in [6.45, 7) is 9.13. The van der Waals surface area contributed by atoms with Gasteiger partial charge in [0.2, 0.25) is 0 Å². The Bertz CT molecular complexity index is 198. The number of hydrogen-bond donors (Lipinski definition) is 1. The summed E-state index contributed by atoms with van der Waals surface area (Å²) in [5, 5.41) is 10.3. The van der Waals surface area contributed by atoms with Crippen LogP contribution in [-0.4, -0.2) is 11.2 Å². The molecule has 102 valence electrons. The van der Waals surface area contributed by atoms with Gasteiger partial charge in [-0.3, -0.25) is 0 Å². The van der Waals surface area contributed by atoms with Crippen LogP contribution in [0.15, 0.2) is 0 Å². The second-order valence-corrected chi connectivity index (χ2v) is 6.20. The van der Waals surface area contributed by atoms with Crippen LogP contribution in [0, 0.1) is 23.7 Å². The summed E-state index contributed by atoms with van der Waals surface area (Å²) in [6.07, 6.45) is 8.63. The molecule has 1 nitrogen and oxygen atoms in total. The smallest absolute Gasteiger partial charge is 0.0570 e. The van der Waals surface area contributed by atoms with E-state index >= 15 is 0 Å². The Morgan fingerprint density at radius 2 is 1.76 bits per heavy atom. The highest BCUT2D eigenvalue weighted by atomic mass is 16.3. The molecule has 0 aromatic rings. The third kappa shape index (κ3) is 4.28. The summed E-state index contributed by atoms with van der Waals surface area (Å²) >= 11 is 0. The topological polar surface area (TPSA) is 20.2 Å². The fourth-order valence-electron chi connectivity index (χ4n) is 3.66. The third-order valence-electron chi connectivity index (χ3n) is 5.16. The molecule has 4 unspecified atom stereocenters. The highest BCUT2D eigenvalue weighted by Crippen LogP contribution is 2.38. The Balaban J connectivity index is 2.41. The van der Waals surface area contributed by atoms with E-state index in [0.717, 1.165) is 37.0 Å². The van der Waals surface area contributed by atoms with Gasteiger partial charge in [-0.2, -0.15) is 0 Å². The molecule has 0 aromatic heterocycles. The quantitative estimate of drug-likeness (QED) is 0.717. The van der Waals surface area contributed by atoms with Crippen LogP contribution >= 0.6 is 0 Å². The highest BCUT2D eigenvalue weighted by Gasteiger charge is 2.29. The molecule has 4 atom stereocenters. The lowest BCUT2D eigenvalue weighted by Gasteiger charge is -2.35. The van der Waals surface area contributed by atoms with E-state index in [0.29, 0.717) is 5.92 Å². The SMILES string of the molecule is CCC1CC(CC(O)C(CC)CC)CCC1C. The zero-order valence-corrected chi connectivity index (χ0v) is 12.3. The largest absolute Gasteiger partial charge is 0.393 e. The van der Waals surface area contributed by atoms with Crippen molar-refractivity contribution in [1.29, 1.82) is 0 Å². The first-order valence-corrected chi connectivity index (χ1v) is 7.80. The van der Waals surface area contributed by atoms with E-state index in [2.05, 4.69) is 27.7 Å². The monoisotopic (exact) mass is 240 g/mol. The van der Waals surface area contributed by atoms with Gasteiger partial charge in [0.1, 0.15) is 0 Å². The van der Waals surface area contributed by atoms with Crippen LogP contribution in [0.4, 0.5) is 0 Å². The number of hydrogen-bond acceptors (Lipinski definition) is 1. The molecule has 0 radical (unpaired) electrons. The molecular weight excluding hydrogens is 208 g/mol. The molecule has 1 aliphatic rings. The standard InChI is InChI=1S/C16H32O/c1-5-14(6-2)16(17)11-13-9-8-12(4)15(7-3)10-13/h12-17H,5-11H2,1-4H3. The number of rotatable bonds is 6. The van der Waals surface area contributed by atoms with Gasteiger partial charge in [0.05, 0.1) is 6.10 Å². The maximum atomic E-state index is 10.3. The molecule has 1 saturated carbocycles. The van der Waals surface area contributed by atoms with Crippen molar-refractivity contribution in [2.75, 3.05) is 0 Å². The minimum Gasteiger partial charge on any atom is -0.393 e. The van der Waals surface area contributed by atoms with Gasteiger partial charge in [0.25, 0.3) is 0 Å². The van der Waals surface area contributed by atoms with Crippen molar-refractivity contribution in [2.24, 2.45) is 23.7 Å². The van der Waals surface area contributed by atoms with Crippen molar-refractivity contribution in [1.82, 2.24) is 0 Å². The van der Waals surface area contributed by atoms with E-state index < -0.39 is 0 Å². The van der Waals surface area contributed by atoms with Crippen molar-refractivity contribution in [2.45, 2.75) is 78.7 Å². The summed E-state index contributed by atoms with van der Waals surface area (Å²) in [4.78, 5) is 0. The van der Waals surface area contributed by atoms with E-state index in [-0.39, 0.29) is 6.10 Å². The molecule has 0 saturated heterocycles. The predicted molar refractivity (Wildman–Crippen MR) is 75.0 cm³/mol. The maximum Gasteiger partial charge on any atom is 0.0570 e. The van der Waals surface area contributed by atoms with Crippen LogP contribution < -0.4 is 0 Å². The molecule has 1 rings (SSSR count). The average Bonchev–Trinajstić information content (AvgIpc) is 2.33. The minimum atomic E-state index is -0.0547. The Morgan fingerprint density at radius 3 is 2.29 bits per heavy atom. The first kappa shape index (κ1) is 15.0. The van der Waals surface area contributed by atoms with Gasteiger partial charge in [-0.1, -0.05) is 59.8 Å². The van der Waals surface area contributed by atoms with Gasteiger partial charge >= 0.3 is 0 Å². The zero-order valence-electron chi connectivity index (χ0n) is 12.3. The molecule has 17 heavy (non-hydrogen) atoms. The summed E-state index contributed by atoms with van der Waals surface area (Å²) in [7, 11) is 0. The van der Waals surface area contributed by atoms with Gasteiger partial charge in [-0.05, 0) is 36.5 Å². The van der Waals surface area contributed by atoms with E-state index in [4.69, 9.17) is 0 Å². The van der Waals surface area contributed by atoms with Crippen LogP contribution in [0.25, 0.3) is 0 Å². The van der Waals surface area contributed by atoms with Crippen molar-refractivity contribution in [3.8, 4) is 0 Å². The van der Waals surface area contributed by atoms with Crippen LogP contribution in [0.2, 0.25) is 0 Å². The van der Waals surface area contributed by atoms with Gasteiger partial charge in [0, 0.05) is 0 Å². The zero-order chi connectivity index (χ0) is 12.8. The summed E-state index contributed by atoms with van der Waals surface area (Å²) in [6, 6.07) is 0. The molecule has 1 aliphatic carbocycles. The van der Waals surface area contributed by atoms with Gasteiger partial charge < -0.3 is 5.11 Å². The maximum absolute atomic E-state index is 10.3. The normalized spacial score (nSPS) is 31.8. The summed E-state index contributed by atoms with van der Waals surface area (Å²) < 4.78 is 0. The van der Waals surface area contributed by atoms with Crippen LogP contribution in [-0.2, 0) is 0 Å². The average molecular weight is 240 g/mol. The molecule has 0 amide bonds. The molecule has 1 fully saturated rings. The van der Waals surface area contributed by atoms with Crippen LogP contribution in [0.1, 0.15) is 72.6 Å². The molecule has 0 heterocycles. The Labute approximate surface area is 108 Å². The van der Waals surface area contributed by atoms with Crippen LogP contribution in [0.3, 0.4) is 0 Å². The fourth-order valence-corrected chi connectivity index (χ4v) is 3.66. The second-order valence-electron chi connectivity index (χ2n) is 6.20. The van der Waals surface area contributed by atoms with Gasteiger partial charge in [-0.25, -0.2) is 0 Å². The second kappa shape index (κ2) is 7.41. The highest BCUT2D eigenvalue weighted by molar-refractivity contribution is 4.80. The molecule has 0 aromatic carbocycles. The Hall–Kier alpha value is -0.0400. The number of aliphatic hydroxyl groups excluding tert-OH is 1. The summed E-state index contributed by atoms with van der Waals surface area (Å²) in [5.41, 5.74) is 0. The number of aliphatic hydroxyl groups is 1. The lowest BCUT2D eigenvalue weighted by atomic mass is 9.71. The lowest BCUT2D eigenvalue weighted by Crippen LogP contribution is -2.28. The molecule has 0 spiro atoms. The van der Waals surface area contributed by atoms with Crippen molar-refractivity contribution >= 4 is 0 Å². The summed E-state index contributed by atoms with van der Waals surface area (Å²) in [5.74, 6) is 3.12. The Kier molecular flexibility index (Phi) is 6.54. The minimum absolute atomic E-state index is 0.0547. The fraction of sp³-hybridized carbons (Fsp3) is 1.00. The lowest BCUT2D eigenvalue weighted by molar-refractivity contribution is 0.0569. The van der Waals surface area contributed by atoms with E-state index in [1.165, 1.54) is 25.7 Å². The molecule has 0 aliphatic heterocycles. The van der Waals surface area contributed by atoms with Gasteiger partial charge in [0.15, 0.2) is 0 Å². The predicted octanol–water partition coefficient (Wildman–Crippen LogP) is 4.64. The first-order valence-electron chi connectivity index (χ1n) is 7.80. The first-order chi connectivity index (χ1) is 8.12. The van der Waals surface area contributed by atoms with Crippen LogP contribution in [0.5, 0.6) is 0 Å². The van der Waals surface area contributed by atoms with Crippen molar-refractivity contribution < 1.29 is 5.11 Å². The molecule has 1 N–H and O–H groups in total. The molecule has 1 heteroatoms.